The third-order valence-corrected chi connectivity index (χ3v) is 4.67. The lowest BCUT2D eigenvalue weighted by Gasteiger charge is -2.12. The summed E-state index contributed by atoms with van der Waals surface area (Å²) in [6, 6.07) is 8.29. The van der Waals surface area contributed by atoms with E-state index in [4.69, 9.17) is 0 Å². The van der Waals surface area contributed by atoms with Crippen LogP contribution in [-0.4, -0.2) is 26.3 Å². The summed E-state index contributed by atoms with van der Waals surface area (Å²) in [5, 5.41) is 3.02. The van der Waals surface area contributed by atoms with Gasteiger partial charge in [-0.2, -0.15) is 0 Å². The van der Waals surface area contributed by atoms with E-state index in [2.05, 4.69) is 15.3 Å². The number of nitrogens with one attached hydrogen (secondary N) is 1. The van der Waals surface area contributed by atoms with Crippen molar-refractivity contribution < 1.29 is 9.18 Å². The standard InChI is InChI=1S/C19H19FN4O/c1-11-9-16(14-5-7-15(20)8-6-14)24-10-21-17(18(24)22-11)19(25)23-12(2)13-3-4-13/h5-10,12-13H,3-4H2,1-2H3,(H,23,25). The van der Waals surface area contributed by atoms with Crippen molar-refractivity contribution in [1.29, 1.82) is 0 Å². The summed E-state index contributed by atoms with van der Waals surface area (Å²) >= 11 is 0. The summed E-state index contributed by atoms with van der Waals surface area (Å²) in [5.74, 6) is 0.0814. The van der Waals surface area contributed by atoms with Crippen LogP contribution in [0.2, 0.25) is 0 Å². The van der Waals surface area contributed by atoms with Crippen LogP contribution in [0.5, 0.6) is 0 Å². The lowest BCUT2D eigenvalue weighted by atomic mass is 10.1. The van der Waals surface area contributed by atoms with E-state index in [-0.39, 0.29) is 17.8 Å². The largest absolute Gasteiger partial charge is 0.348 e. The van der Waals surface area contributed by atoms with Crippen LogP contribution >= 0.6 is 0 Å². The molecule has 1 aliphatic rings. The van der Waals surface area contributed by atoms with E-state index in [1.807, 2.05) is 19.9 Å². The molecule has 2 aromatic heterocycles. The van der Waals surface area contributed by atoms with Gasteiger partial charge in [0.15, 0.2) is 11.3 Å². The molecule has 1 N–H and O–H groups in total. The van der Waals surface area contributed by atoms with Crippen LogP contribution < -0.4 is 5.32 Å². The van der Waals surface area contributed by atoms with Gasteiger partial charge in [-0.25, -0.2) is 14.4 Å². The van der Waals surface area contributed by atoms with Gasteiger partial charge in [0.05, 0.1) is 5.69 Å². The second kappa shape index (κ2) is 5.95. The zero-order chi connectivity index (χ0) is 17.6. The molecule has 25 heavy (non-hydrogen) atoms. The molecule has 1 atom stereocenters. The fourth-order valence-corrected chi connectivity index (χ4v) is 3.08. The first-order valence-electron chi connectivity index (χ1n) is 8.44. The minimum atomic E-state index is -0.287. The van der Waals surface area contributed by atoms with E-state index in [1.54, 1.807) is 22.9 Å². The van der Waals surface area contributed by atoms with Crippen molar-refractivity contribution in [2.24, 2.45) is 5.92 Å². The van der Waals surface area contributed by atoms with Gasteiger partial charge in [-0.15, -0.1) is 0 Å². The molecule has 128 valence electrons. The summed E-state index contributed by atoms with van der Waals surface area (Å²) in [6.07, 6.45) is 3.92. The summed E-state index contributed by atoms with van der Waals surface area (Å²) < 4.78 is 15.0. The number of hydrogen-bond acceptors (Lipinski definition) is 3. The Morgan fingerprint density at radius 2 is 2.04 bits per heavy atom. The summed E-state index contributed by atoms with van der Waals surface area (Å²) in [5.41, 5.74) is 3.27. The summed E-state index contributed by atoms with van der Waals surface area (Å²) in [7, 11) is 0. The number of benzene rings is 1. The van der Waals surface area contributed by atoms with E-state index >= 15 is 0 Å². The summed E-state index contributed by atoms with van der Waals surface area (Å²) in [4.78, 5) is 21.4. The number of fused-ring (bicyclic) bond motifs is 1. The zero-order valence-electron chi connectivity index (χ0n) is 14.2. The normalized spacial score (nSPS) is 15.3. The highest BCUT2D eigenvalue weighted by Crippen LogP contribution is 2.32. The number of amides is 1. The fourth-order valence-electron chi connectivity index (χ4n) is 3.08. The SMILES string of the molecule is Cc1cc(-c2ccc(F)cc2)n2cnc(C(=O)NC(C)C3CC3)c2n1. The molecular formula is C19H19FN4O. The minimum absolute atomic E-state index is 0.144. The third kappa shape index (κ3) is 2.99. The van der Waals surface area contributed by atoms with Crippen molar-refractivity contribution in [1.82, 2.24) is 19.7 Å². The second-order valence-corrected chi connectivity index (χ2v) is 6.68. The number of imidazole rings is 1. The van der Waals surface area contributed by atoms with Gasteiger partial charge in [0.25, 0.3) is 5.91 Å². The Labute approximate surface area is 144 Å². The zero-order valence-corrected chi connectivity index (χ0v) is 14.2. The average Bonchev–Trinajstić information content (AvgIpc) is 3.35. The van der Waals surface area contributed by atoms with E-state index < -0.39 is 0 Å². The number of rotatable bonds is 4. The van der Waals surface area contributed by atoms with Crippen molar-refractivity contribution in [3.8, 4) is 11.3 Å². The number of carbonyl (C=O) groups is 1. The van der Waals surface area contributed by atoms with Crippen molar-refractivity contribution in [2.45, 2.75) is 32.7 Å². The van der Waals surface area contributed by atoms with Crippen LogP contribution in [-0.2, 0) is 0 Å². The number of hydrogen-bond donors (Lipinski definition) is 1. The van der Waals surface area contributed by atoms with Crippen LogP contribution in [0.15, 0.2) is 36.7 Å². The Balaban J connectivity index is 1.75. The quantitative estimate of drug-likeness (QED) is 0.793. The maximum Gasteiger partial charge on any atom is 0.274 e. The van der Waals surface area contributed by atoms with Gasteiger partial charge in [-0.3, -0.25) is 9.20 Å². The number of carbonyl (C=O) groups excluding carboxylic acids is 1. The molecule has 5 nitrogen and oxygen atoms in total. The molecule has 1 aliphatic carbocycles. The van der Waals surface area contributed by atoms with Gasteiger partial charge in [0.2, 0.25) is 0 Å². The van der Waals surface area contributed by atoms with Gasteiger partial charge in [-0.05, 0) is 68.5 Å². The molecule has 0 spiro atoms. The maximum atomic E-state index is 13.2. The minimum Gasteiger partial charge on any atom is -0.348 e. The predicted octanol–water partition coefficient (Wildman–Crippen LogP) is 3.37. The van der Waals surface area contributed by atoms with Gasteiger partial charge < -0.3 is 5.32 Å². The molecule has 3 aromatic rings. The molecule has 1 aromatic carbocycles. The highest BCUT2D eigenvalue weighted by atomic mass is 19.1. The Kier molecular flexibility index (Phi) is 3.75. The number of aryl methyl sites for hydroxylation is 1. The Morgan fingerprint density at radius 1 is 1.32 bits per heavy atom. The van der Waals surface area contributed by atoms with E-state index in [0.717, 1.165) is 29.8 Å². The van der Waals surface area contributed by atoms with E-state index in [1.165, 1.54) is 12.1 Å². The lowest BCUT2D eigenvalue weighted by molar-refractivity contribution is 0.0933. The van der Waals surface area contributed by atoms with Gasteiger partial charge in [0, 0.05) is 11.7 Å². The first-order valence-corrected chi connectivity index (χ1v) is 8.44. The molecule has 1 saturated carbocycles. The second-order valence-electron chi connectivity index (χ2n) is 6.68. The van der Waals surface area contributed by atoms with E-state index in [0.29, 0.717) is 17.3 Å². The molecule has 6 heteroatoms. The van der Waals surface area contributed by atoms with Crippen molar-refractivity contribution in [2.75, 3.05) is 0 Å². The maximum absolute atomic E-state index is 13.2. The first kappa shape index (κ1) is 15.7. The van der Waals surface area contributed by atoms with Gasteiger partial charge in [-0.1, -0.05) is 0 Å². The molecule has 1 unspecified atom stereocenters. The first-order chi connectivity index (χ1) is 12.0. The molecule has 0 radical (unpaired) electrons. The topological polar surface area (TPSA) is 59.3 Å². The molecule has 0 saturated heterocycles. The Morgan fingerprint density at radius 3 is 2.72 bits per heavy atom. The highest BCUT2D eigenvalue weighted by molar-refractivity contribution is 5.98. The van der Waals surface area contributed by atoms with Gasteiger partial charge in [0.1, 0.15) is 12.1 Å². The number of nitrogens with zero attached hydrogens (tertiary/aromatic N) is 3. The predicted molar refractivity (Wildman–Crippen MR) is 92.8 cm³/mol. The summed E-state index contributed by atoms with van der Waals surface area (Å²) in [6.45, 7) is 3.89. The number of aromatic nitrogens is 3. The molecule has 0 aliphatic heterocycles. The van der Waals surface area contributed by atoms with Crippen LogP contribution in [0.3, 0.4) is 0 Å². The average molecular weight is 338 g/mol. The smallest absolute Gasteiger partial charge is 0.274 e. The molecule has 2 heterocycles. The van der Waals surface area contributed by atoms with Crippen molar-refractivity contribution in [3.05, 3.63) is 53.9 Å². The number of halogens is 1. The molecule has 1 amide bonds. The Hall–Kier alpha value is -2.76. The molecule has 1 fully saturated rings. The molecule has 0 bridgehead atoms. The Bertz CT molecular complexity index is 944. The van der Waals surface area contributed by atoms with Crippen LogP contribution in [0.1, 0.15) is 35.9 Å². The van der Waals surface area contributed by atoms with E-state index in [9.17, 15) is 9.18 Å². The van der Waals surface area contributed by atoms with Crippen molar-refractivity contribution >= 4 is 11.6 Å². The van der Waals surface area contributed by atoms with Crippen LogP contribution in [0.4, 0.5) is 4.39 Å². The highest BCUT2D eigenvalue weighted by Gasteiger charge is 2.30. The van der Waals surface area contributed by atoms with Gasteiger partial charge >= 0.3 is 0 Å². The molecular weight excluding hydrogens is 319 g/mol. The third-order valence-electron chi connectivity index (χ3n) is 4.67. The fraction of sp³-hybridized carbons (Fsp3) is 0.316. The van der Waals surface area contributed by atoms with Crippen LogP contribution in [0, 0.1) is 18.7 Å². The van der Waals surface area contributed by atoms with Crippen LogP contribution in [0.25, 0.3) is 16.9 Å². The molecule has 4 rings (SSSR count). The van der Waals surface area contributed by atoms with Crippen molar-refractivity contribution in [3.63, 3.8) is 0 Å². The lowest BCUT2D eigenvalue weighted by Crippen LogP contribution is -2.34. The monoisotopic (exact) mass is 338 g/mol.